The van der Waals surface area contributed by atoms with Crippen molar-refractivity contribution in [2.75, 3.05) is 19.4 Å². The zero-order chi connectivity index (χ0) is 14.7. The van der Waals surface area contributed by atoms with Crippen molar-refractivity contribution in [2.24, 2.45) is 0 Å². The lowest BCUT2D eigenvalue weighted by atomic mass is 10.1. The quantitative estimate of drug-likeness (QED) is 0.896. The summed E-state index contributed by atoms with van der Waals surface area (Å²) < 4.78 is 1.06. The highest BCUT2D eigenvalue weighted by molar-refractivity contribution is 9.10. The molecular weight excluding hydrogens is 336 g/mol. The van der Waals surface area contributed by atoms with Gasteiger partial charge in [-0.2, -0.15) is 0 Å². The molecule has 2 aromatic rings. The van der Waals surface area contributed by atoms with Gasteiger partial charge in [0.2, 0.25) is 0 Å². The monoisotopic (exact) mass is 352 g/mol. The number of halogens is 1. The maximum atomic E-state index is 12.6. The third kappa shape index (κ3) is 3.41. The van der Waals surface area contributed by atoms with Gasteiger partial charge in [-0.1, -0.05) is 11.6 Å². The molecular formula is C15H17BrN2OS. The Kier molecular flexibility index (Phi) is 4.83. The van der Waals surface area contributed by atoms with Crippen LogP contribution in [0.1, 0.15) is 20.8 Å². The van der Waals surface area contributed by atoms with E-state index in [1.54, 1.807) is 16.2 Å². The van der Waals surface area contributed by atoms with Gasteiger partial charge in [0, 0.05) is 34.5 Å². The third-order valence-corrected chi connectivity index (χ3v) is 4.72. The molecule has 0 spiro atoms. The highest BCUT2D eigenvalue weighted by atomic mass is 79.9. The molecule has 0 saturated heterocycles. The molecule has 0 unspecified atom stereocenters. The Labute approximate surface area is 131 Å². The molecule has 0 aliphatic heterocycles. The number of thiophene rings is 1. The smallest absolute Gasteiger partial charge is 0.256 e. The van der Waals surface area contributed by atoms with Crippen LogP contribution in [0.2, 0.25) is 0 Å². The van der Waals surface area contributed by atoms with E-state index in [9.17, 15) is 4.79 Å². The van der Waals surface area contributed by atoms with Gasteiger partial charge in [-0.3, -0.25) is 4.79 Å². The Bertz CT molecular complexity index is 624. The van der Waals surface area contributed by atoms with Gasteiger partial charge in [0.15, 0.2) is 0 Å². The Hall–Kier alpha value is -1.33. The van der Waals surface area contributed by atoms with Crippen molar-refractivity contribution in [3.63, 3.8) is 0 Å². The Morgan fingerprint density at radius 1 is 1.40 bits per heavy atom. The molecule has 0 radical (unpaired) electrons. The average molecular weight is 353 g/mol. The standard InChI is InChI=1S/C15H17BrN2OS/c1-10-4-5-14(17-2)13(6-10)15(19)18(3)8-12-7-11(16)9-20-12/h4-7,9,17H,8H2,1-3H3. The van der Waals surface area contributed by atoms with Crippen LogP contribution in [0.25, 0.3) is 0 Å². The van der Waals surface area contributed by atoms with Crippen LogP contribution in [0.4, 0.5) is 5.69 Å². The van der Waals surface area contributed by atoms with E-state index in [1.165, 1.54) is 0 Å². The zero-order valence-electron chi connectivity index (χ0n) is 11.7. The molecule has 2 rings (SSSR count). The molecule has 1 N–H and O–H groups in total. The van der Waals surface area contributed by atoms with Crippen molar-refractivity contribution in [1.29, 1.82) is 0 Å². The molecule has 20 heavy (non-hydrogen) atoms. The molecule has 0 aliphatic rings. The van der Waals surface area contributed by atoms with Crippen LogP contribution in [0, 0.1) is 6.92 Å². The highest BCUT2D eigenvalue weighted by Gasteiger charge is 2.16. The van der Waals surface area contributed by atoms with E-state index in [2.05, 4.69) is 21.2 Å². The fourth-order valence-corrected chi connectivity index (χ4v) is 3.50. The van der Waals surface area contributed by atoms with E-state index >= 15 is 0 Å². The van der Waals surface area contributed by atoms with E-state index in [1.807, 2.05) is 50.7 Å². The molecule has 1 heterocycles. The van der Waals surface area contributed by atoms with Crippen molar-refractivity contribution in [3.05, 3.63) is 50.1 Å². The van der Waals surface area contributed by atoms with Crippen molar-refractivity contribution >= 4 is 38.9 Å². The summed E-state index contributed by atoms with van der Waals surface area (Å²) in [6.07, 6.45) is 0. The first kappa shape index (κ1) is 15.1. The summed E-state index contributed by atoms with van der Waals surface area (Å²) in [4.78, 5) is 15.5. The summed E-state index contributed by atoms with van der Waals surface area (Å²) in [7, 11) is 3.66. The second-order valence-electron chi connectivity index (χ2n) is 4.69. The van der Waals surface area contributed by atoms with E-state index < -0.39 is 0 Å². The van der Waals surface area contributed by atoms with Crippen molar-refractivity contribution in [2.45, 2.75) is 13.5 Å². The molecule has 1 aromatic carbocycles. The Morgan fingerprint density at radius 2 is 2.15 bits per heavy atom. The highest BCUT2D eigenvalue weighted by Crippen LogP contribution is 2.23. The van der Waals surface area contributed by atoms with Crippen LogP contribution in [0.15, 0.2) is 34.1 Å². The number of carbonyl (C=O) groups is 1. The lowest BCUT2D eigenvalue weighted by Crippen LogP contribution is -2.26. The molecule has 0 atom stereocenters. The maximum absolute atomic E-state index is 12.6. The number of rotatable bonds is 4. The van der Waals surface area contributed by atoms with Crippen LogP contribution in [-0.2, 0) is 6.54 Å². The summed E-state index contributed by atoms with van der Waals surface area (Å²) in [5.74, 6) is 0.0302. The number of amides is 1. The van der Waals surface area contributed by atoms with E-state index in [4.69, 9.17) is 0 Å². The molecule has 0 bridgehead atoms. The number of anilines is 1. The number of hydrogen-bond donors (Lipinski definition) is 1. The maximum Gasteiger partial charge on any atom is 0.256 e. The fraction of sp³-hybridized carbons (Fsp3) is 0.267. The average Bonchev–Trinajstić information content (AvgIpc) is 2.83. The van der Waals surface area contributed by atoms with Gasteiger partial charge in [-0.15, -0.1) is 11.3 Å². The topological polar surface area (TPSA) is 32.3 Å². The predicted molar refractivity (Wildman–Crippen MR) is 88.5 cm³/mol. The minimum absolute atomic E-state index is 0.0302. The van der Waals surface area contributed by atoms with Crippen LogP contribution in [0.3, 0.4) is 0 Å². The van der Waals surface area contributed by atoms with Gasteiger partial charge in [-0.05, 0) is 41.1 Å². The third-order valence-electron chi connectivity index (χ3n) is 3.04. The molecule has 106 valence electrons. The zero-order valence-corrected chi connectivity index (χ0v) is 14.1. The molecule has 0 aliphatic carbocycles. The number of nitrogens with zero attached hydrogens (tertiary/aromatic N) is 1. The molecule has 0 fully saturated rings. The van der Waals surface area contributed by atoms with E-state index in [0.717, 1.165) is 20.6 Å². The summed E-state index contributed by atoms with van der Waals surface area (Å²) in [5.41, 5.74) is 2.66. The summed E-state index contributed by atoms with van der Waals surface area (Å²) in [6, 6.07) is 7.91. The summed E-state index contributed by atoms with van der Waals surface area (Å²) in [5, 5.41) is 5.10. The molecule has 3 nitrogen and oxygen atoms in total. The number of carbonyl (C=O) groups excluding carboxylic acids is 1. The first-order valence-corrected chi connectivity index (χ1v) is 7.95. The second kappa shape index (κ2) is 6.41. The first-order chi connectivity index (χ1) is 9.51. The molecule has 0 saturated carbocycles. The summed E-state index contributed by atoms with van der Waals surface area (Å²) in [6.45, 7) is 2.61. The second-order valence-corrected chi connectivity index (χ2v) is 6.60. The Balaban J connectivity index is 2.20. The van der Waals surface area contributed by atoms with E-state index in [-0.39, 0.29) is 5.91 Å². The normalized spacial score (nSPS) is 10.4. The largest absolute Gasteiger partial charge is 0.387 e. The lowest BCUT2D eigenvalue weighted by molar-refractivity contribution is 0.0787. The van der Waals surface area contributed by atoms with Gasteiger partial charge >= 0.3 is 0 Å². The van der Waals surface area contributed by atoms with Gasteiger partial charge in [-0.25, -0.2) is 0 Å². The van der Waals surface area contributed by atoms with E-state index in [0.29, 0.717) is 12.1 Å². The first-order valence-electron chi connectivity index (χ1n) is 6.28. The SMILES string of the molecule is CNc1ccc(C)cc1C(=O)N(C)Cc1cc(Br)cs1. The van der Waals surface area contributed by atoms with Crippen molar-refractivity contribution in [1.82, 2.24) is 4.90 Å². The fourth-order valence-electron chi connectivity index (χ4n) is 2.00. The molecule has 1 aromatic heterocycles. The van der Waals surface area contributed by atoms with Crippen molar-refractivity contribution in [3.8, 4) is 0 Å². The van der Waals surface area contributed by atoms with Crippen LogP contribution in [0.5, 0.6) is 0 Å². The number of nitrogens with one attached hydrogen (secondary N) is 1. The van der Waals surface area contributed by atoms with Gasteiger partial charge in [0.25, 0.3) is 5.91 Å². The number of hydrogen-bond acceptors (Lipinski definition) is 3. The van der Waals surface area contributed by atoms with Crippen LogP contribution >= 0.6 is 27.3 Å². The molecule has 1 amide bonds. The van der Waals surface area contributed by atoms with Crippen LogP contribution < -0.4 is 5.32 Å². The summed E-state index contributed by atoms with van der Waals surface area (Å²) >= 11 is 5.08. The predicted octanol–water partition coefficient (Wildman–Crippen LogP) is 4.13. The van der Waals surface area contributed by atoms with Gasteiger partial charge in [0.1, 0.15) is 0 Å². The lowest BCUT2D eigenvalue weighted by Gasteiger charge is -2.18. The number of benzene rings is 1. The van der Waals surface area contributed by atoms with Gasteiger partial charge < -0.3 is 10.2 Å². The Morgan fingerprint density at radius 3 is 2.75 bits per heavy atom. The number of aryl methyl sites for hydroxylation is 1. The van der Waals surface area contributed by atoms with Gasteiger partial charge in [0.05, 0.1) is 12.1 Å². The van der Waals surface area contributed by atoms with Crippen molar-refractivity contribution < 1.29 is 4.79 Å². The minimum atomic E-state index is 0.0302. The van der Waals surface area contributed by atoms with Crippen LogP contribution in [-0.4, -0.2) is 24.9 Å². The molecule has 5 heteroatoms. The minimum Gasteiger partial charge on any atom is -0.387 e.